The lowest BCUT2D eigenvalue weighted by molar-refractivity contribution is 0.0666. The Balaban J connectivity index is 1.89. The topological polar surface area (TPSA) is 56.3 Å². The Kier molecular flexibility index (Phi) is 4.53. The fourth-order valence-corrected chi connectivity index (χ4v) is 2.21. The van der Waals surface area contributed by atoms with Crippen LogP contribution in [-0.2, 0) is 17.8 Å². The molecular formula is C12H22N4O. The van der Waals surface area contributed by atoms with Gasteiger partial charge in [0.2, 0.25) is 0 Å². The van der Waals surface area contributed by atoms with Crippen LogP contribution < -0.4 is 5.73 Å². The predicted molar refractivity (Wildman–Crippen MR) is 66.6 cm³/mol. The van der Waals surface area contributed by atoms with Crippen molar-refractivity contribution in [2.45, 2.75) is 32.5 Å². The summed E-state index contributed by atoms with van der Waals surface area (Å²) in [5.74, 6) is 0. The second-order valence-corrected chi connectivity index (χ2v) is 4.66. The number of nitrogens with zero attached hydrogens (tertiary/aromatic N) is 3. The minimum atomic E-state index is 0.323. The molecule has 2 heterocycles. The first-order valence-electron chi connectivity index (χ1n) is 6.32. The van der Waals surface area contributed by atoms with Gasteiger partial charge < -0.3 is 15.0 Å². The molecule has 1 fully saturated rings. The highest BCUT2D eigenvalue weighted by Gasteiger charge is 2.15. The molecule has 0 radical (unpaired) electrons. The van der Waals surface area contributed by atoms with Crippen molar-refractivity contribution in [3.8, 4) is 0 Å². The largest absolute Gasteiger partial charge is 0.377 e. The van der Waals surface area contributed by atoms with Crippen LogP contribution in [-0.4, -0.2) is 46.8 Å². The fourth-order valence-electron chi connectivity index (χ4n) is 2.21. The van der Waals surface area contributed by atoms with E-state index in [0.717, 1.165) is 44.9 Å². The van der Waals surface area contributed by atoms with Crippen LogP contribution >= 0.6 is 0 Å². The van der Waals surface area contributed by atoms with Crippen LogP contribution in [0.5, 0.6) is 0 Å². The molecule has 1 aromatic rings. The summed E-state index contributed by atoms with van der Waals surface area (Å²) in [6, 6.07) is 0. The summed E-state index contributed by atoms with van der Waals surface area (Å²) in [6.45, 7) is 7.49. The SMILES string of the molecule is CC1CN(Cc2cn(CCN)cn2)CCCO1. The van der Waals surface area contributed by atoms with Crippen LogP contribution in [0.25, 0.3) is 0 Å². The summed E-state index contributed by atoms with van der Waals surface area (Å²) in [5.41, 5.74) is 6.64. The molecule has 2 N–H and O–H groups in total. The number of ether oxygens (including phenoxy) is 1. The molecule has 5 nitrogen and oxygen atoms in total. The van der Waals surface area contributed by atoms with Crippen LogP contribution in [0.4, 0.5) is 0 Å². The zero-order chi connectivity index (χ0) is 12.1. The Labute approximate surface area is 103 Å². The van der Waals surface area contributed by atoms with Crippen LogP contribution in [0.3, 0.4) is 0 Å². The van der Waals surface area contributed by atoms with Gasteiger partial charge in [-0.3, -0.25) is 4.90 Å². The molecule has 0 aliphatic carbocycles. The van der Waals surface area contributed by atoms with Gasteiger partial charge in [0.05, 0.1) is 18.1 Å². The molecule has 1 aromatic heterocycles. The average molecular weight is 238 g/mol. The van der Waals surface area contributed by atoms with E-state index in [2.05, 4.69) is 23.0 Å². The van der Waals surface area contributed by atoms with Crippen molar-refractivity contribution in [2.24, 2.45) is 5.73 Å². The number of imidazole rings is 1. The summed E-state index contributed by atoms with van der Waals surface area (Å²) >= 11 is 0. The van der Waals surface area contributed by atoms with Gasteiger partial charge in [0, 0.05) is 45.5 Å². The van der Waals surface area contributed by atoms with Crippen LogP contribution in [0.15, 0.2) is 12.5 Å². The molecule has 1 unspecified atom stereocenters. The molecule has 0 bridgehead atoms. The van der Waals surface area contributed by atoms with E-state index in [0.29, 0.717) is 12.6 Å². The van der Waals surface area contributed by atoms with Gasteiger partial charge in [-0.2, -0.15) is 0 Å². The lowest BCUT2D eigenvalue weighted by Gasteiger charge is -2.20. The first-order chi connectivity index (χ1) is 8.28. The van der Waals surface area contributed by atoms with E-state index in [1.807, 2.05) is 10.9 Å². The Bertz CT molecular complexity index is 339. The molecule has 0 saturated carbocycles. The van der Waals surface area contributed by atoms with Crippen LogP contribution in [0.2, 0.25) is 0 Å². The van der Waals surface area contributed by atoms with Crippen LogP contribution in [0.1, 0.15) is 19.0 Å². The van der Waals surface area contributed by atoms with Crippen molar-refractivity contribution in [3.05, 3.63) is 18.2 Å². The first kappa shape index (κ1) is 12.5. The van der Waals surface area contributed by atoms with Crippen LogP contribution in [0, 0.1) is 0 Å². The van der Waals surface area contributed by atoms with E-state index in [1.54, 1.807) is 0 Å². The van der Waals surface area contributed by atoms with Crippen molar-refractivity contribution < 1.29 is 4.74 Å². The van der Waals surface area contributed by atoms with Crippen molar-refractivity contribution in [3.63, 3.8) is 0 Å². The average Bonchev–Trinajstić information content (AvgIpc) is 2.62. The van der Waals surface area contributed by atoms with E-state index in [4.69, 9.17) is 10.5 Å². The van der Waals surface area contributed by atoms with Gasteiger partial charge in [0.15, 0.2) is 0 Å². The third kappa shape index (κ3) is 3.80. The lowest BCUT2D eigenvalue weighted by atomic mass is 10.3. The molecular weight excluding hydrogens is 216 g/mol. The summed E-state index contributed by atoms with van der Waals surface area (Å²) < 4.78 is 7.68. The zero-order valence-electron chi connectivity index (χ0n) is 10.5. The Morgan fingerprint density at radius 3 is 3.29 bits per heavy atom. The molecule has 0 amide bonds. The third-order valence-electron chi connectivity index (χ3n) is 3.00. The number of hydrogen-bond acceptors (Lipinski definition) is 4. The number of aromatic nitrogens is 2. The molecule has 5 heteroatoms. The minimum absolute atomic E-state index is 0.323. The van der Waals surface area contributed by atoms with Gasteiger partial charge in [0.1, 0.15) is 0 Å². The monoisotopic (exact) mass is 238 g/mol. The first-order valence-corrected chi connectivity index (χ1v) is 6.32. The van der Waals surface area contributed by atoms with E-state index in [9.17, 15) is 0 Å². The van der Waals surface area contributed by atoms with Gasteiger partial charge >= 0.3 is 0 Å². The summed E-state index contributed by atoms with van der Waals surface area (Å²) in [6.07, 6.45) is 5.38. The van der Waals surface area contributed by atoms with E-state index in [1.165, 1.54) is 0 Å². The highest BCUT2D eigenvalue weighted by molar-refractivity contribution is 4.97. The maximum absolute atomic E-state index is 5.63. The maximum Gasteiger partial charge on any atom is 0.0950 e. The second kappa shape index (κ2) is 6.14. The zero-order valence-corrected chi connectivity index (χ0v) is 10.5. The van der Waals surface area contributed by atoms with Crippen molar-refractivity contribution in [1.29, 1.82) is 0 Å². The van der Waals surface area contributed by atoms with Gasteiger partial charge in [0.25, 0.3) is 0 Å². The highest BCUT2D eigenvalue weighted by atomic mass is 16.5. The van der Waals surface area contributed by atoms with E-state index < -0.39 is 0 Å². The Morgan fingerprint density at radius 1 is 1.59 bits per heavy atom. The van der Waals surface area contributed by atoms with Gasteiger partial charge in [-0.25, -0.2) is 4.98 Å². The standard InChI is InChI=1S/C12H22N4O/c1-11-7-15(4-2-6-17-11)8-12-9-16(5-3-13)10-14-12/h9-11H,2-8,13H2,1H3. The molecule has 2 rings (SSSR count). The van der Waals surface area contributed by atoms with E-state index in [-0.39, 0.29) is 0 Å². The van der Waals surface area contributed by atoms with Crippen molar-refractivity contribution in [2.75, 3.05) is 26.2 Å². The smallest absolute Gasteiger partial charge is 0.0950 e. The minimum Gasteiger partial charge on any atom is -0.377 e. The quantitative estimate of drug-likeness (QED) is 0.827. The van der Waals surface area contributed by atoms with Gasteiger partial charge in [-0.05, 0) is 13.3 Å². The van der Waals surface area contributed by atoms with Crippen molar-refractivity contribution in [1.82, 2.24) is 14.5 Å². The number of rotatable bonds is 4. The lowest BCUT2D eigenvalue weighted by Crippen LogP contribution is -2.29. The Morgan fingerprint density at radius 2 is 2.47 bits per heavy atom. The number of hydrogen-bond donors (Lipinski definition) is 1. The fraction of sp³-hybridized carbons (Fsp3) is 0.750. The molecule has 1 atom stereocenters. The molecule has 1 saturated heterocycles. The second-order valence-electron chi connectivity index (χ2n) is 4.66. The van der Waals surface area contributed by atoms with Gasteiger partial charge in [-0.15, -0.1) is 0 Å². The molecule has 1 aliphatic rings. The molecule has 0 aromatic carbocycles. The van der Waals surface area contributed by atoms with E-state index >= 15 is 0 Å². The molecule has 0 spiro atoms. The highest BCUT2D eigenvalue weighted by Crippen LogP contribution is 2.09. The molecule has 1 aliphatic heterocycles. The number of nitrogens with two attached hydrogens (primary N) is 1. The predicted octanol–water partition coefficient (Wildman–Crippen LogP) is 0.453. The summed E-state index contributed by atoms with van der Waals surface area (Å²) in [4.78, 5) is 6.82. The third-order valence-corrected chi connectivity index (χ3v) is 3.00. The van der Waals surface area contributed by atoms with Crippen molar-refractivity contribution >= 4 is 0 Å². The molecule has 17 heavy (non-hydrogen) atoms. The normalized spacial score (nSPS) is 22.6. The Hall–Kier alpha value is -0.910. The van der Waals surface area contributed by atoms with Gasteiger partial charge in [-0.1, -0.05) is 0 Å². The maximum atomic E-state index is 5.63. The summed E-state index contributed by atoms with van der Waals surface area (Å²) in [5, 5.41) is 0. The summed E-state index contributed by atoms with van der Waals surface area (Å²) in [7, 11) is 0. The molecule has 96 valence electrons.